The normalized spacial score (nSPS) is 10.8. The lowest BCUT2D eigenvalue weighted by atomic mass is 10.2. The maximum Gasteiger partial charge on any atom is 0.260 e. The van der Waals surface area contributed by atoms with E-state index >= 15 is 0 Å². The Hall–Kier alpha value is -2.97. The van der Waals surface area contributed by atoms with E-state index in [4.69, 9.17) is 14.5 Å². The molecule has 0 bridgehead atoms. The Balaban J connectivity index is 1.79. The van der Waals surface area contributed by atoms with E-state index in [1.54, 1.807) is 43.6 Å². The molecule has 4 aromatic rings. The van der Waals surface area contributed by atoms with E-state index in [1.807, 2.05) is 36.4 Å². The summed E-state index contributed by atoms with van der Waals surface area (Å²) in [5, 5.41) is 0.592. The van der Waals surface area contributed by atoms with Crippen LogP contribution in [0.15, 0.2) is 65.4 Å². The molecule has 2 heterocycles. The van der Waals surface area contributed by atoms with E-state index in [-0.39, 0.29) is 5.91 Å². The zero-order valence-corrected chi connectivity index (χ0v) is 18.7. The highest BCUT2D eigenvalue weighted by atomic mass is 79.9. The molecule has 0 fully saturated rings. The van der Waals surface area contributed by atoms with Gasteiger partial charge in [0, 0.05) is 34.6 Å². The zero-order valence-electron chi connectivity index (χ0n) is 16.3. The van der Waals surface area contributed by atoms with E-state index in [0.717, 1.165) is 20.3 Å². The van der Waals surface area contributed by atoms with Crippen molar-refractivity contribution in [1.82, 2.24) is 9.97 Å². The molecule has 0 aliphatic rings. The molecule has 0 spiro atoms. The molecule has 30 heavy (non-hydrogen) atoms. The first-order chi connectivity index (χ1) is 14.6. The smallest absolute Gasteiger partial charge is 0.260 e. The first-order valence-electron chi connectivity index (χ1n) is 9.08. The number of ether oxygens (including phenoxy) is 2. The Kier molecular flexibility index (Phi) is 5.96. The molecular weight excluding hydrogens is 466 g/mol. The van der Waals surface area contributed by atoms with Crippen LogP contribution in [0, 0.1) is 0 Å². The minimum absolute atomic E-state index is 0.141. The SMILES string of the molecule is COc1cc2nc(N(Cc3cccnc3)C(=O)c3cccc(Br)c3)sc2cc1OC. The standard InChI is InChI=1S/C22H18BrN3O3S/c1-28-18-10-17-20(11-19(18)29-2)30-22(25-17)26(13-14-5-4-8-24-12-14)21(27)15-6-3-7-16(23)9-15/h3-12H,13H2,1-2H3. The van der Waals surface area contributed by atoms with Crippen molar-refractivity contribution in [3.8, 4) is 11.5 Å². The average molecular weight is 484 g/mol. The lowest BCUT2D eigenvalue weighted by molar-refractivity contribution is 0.0985. The van der Waals surface area contributed by atoms with E-state index in [0.29, 0.717) is 28.7 Å². The Bertz CT molecular complexity index is 1160. The molecule has 0 N–H and O–H groups in total. The van der Waals surface area contributed by atoms with Crippen LogP contribution in [0.5, 0.6) is 11.5 Å². The molecule has 1 amide bonds. The molecule has 4 rings (SSSR count). The van der Waals surface area contributed by atoms with Crippen LogP contribution >= 0.6 is 27.3 Å². The van der Waals surface area contributed by atoms with Gasteiger partial charge in [0.25, 0.3) is 5.91 Å². The van der Waals surface area contributed by atoms with Gasteiger partial charge < -0.3 is 9.47 Å². The number of amides is 1. The molecule has 0 unspecified atom stereocenters. The van der Waals surface area contributed by atoms with Gasteiger partial charge in [0.05, 0.1) is 31.0 Å². The Morgan fingerprint density at radius 1 is 1.10 bits per heavy atom. The zero-order chi connectivity index (χ0) is 21.1. The maximum atomic E-state index is 13.4. The largest absolute Gasteiger partial charge is 0.493 e. The van der Waals surface area contributed by atoms with Crippen LogP contribution < -0.4 is 14.4 Å². The summed E-state index contributed by atoms with van der Waals surface area (Å²) in [5.41, 5.74) is 2.23. The van der Waals surface area contributed by atoms with Gasteiger partial charge in [-0.3, -0.25) is 14.7 Å². The Morgan fingerprint density at radius 3 is 2.60 bits per heavy atom. The lowest BCUT2D eigenvalue weighted by Crippen LogP contribution is -2.30. The summed E-state index contributed by atoms with van der Waals surface area (Å²) in [4.78, 5) is 24.0. The summed E-state index contributed by atoms with van der Waals surface area (Å²) < 4.78 is 12.5. The van der Waals surface area contributed by atoms with Gasteiger partial charge >= 0.3 is 0 Å². The van der Waals surface area contributed by atoms with Crippen molar-refractivity contribution in [1.29, 1.82) is 0 Å². The van der Waals surface area contributed by atoms with Crippen molar-refractivity contribution in [2.24, 2.45) is 0 Å². The van der Waals surface area contributed by atoms with Crippen LogP contribution in [0.25, 0.3) is 10.2 Å². The Labute approximate surface area is 186 Å². The fraction of sp³-hybridized carbons (Fsp3) is 0.136. The van der Waals surface area contributed by atoms with Gasteiger partial charge in [-0.25, -0.2) is 4.98 Å². The summed E-state index contributed by atoms with van der Waals surface area (Å²) in [5.74, 6) is 1.08. The van der Waals surface area contributed by atoms with Gasteiger partial charge in [0.15, 0.2) is 16.6 Å². The van der Waals surface area contributed by atoms with Crippen molar-refractivity contribution in [3.05, 3.63) is 76.5 Å². The minimum atomic E-state index is -0.141. The molecular formula is C22H18BrN3O3S. The molecule has 0 aliphatic carbocycles. The number of methoxy groups -OCH3 is 2. The Morgan fingerprint density at radius 2 is 1.90 bits per heavy atom. The van der Waals surface area contributed by atoms with Crippen molar-refractivity contribution in [3.63, 3.8) is 0 Å². The van der Waals surface area contributed by atoms with Crippen LogP contribution in [-0.4, -0.2) is 30.1 Å². The monoisotopic (exact) mass is 483 g/mol. The number of rotatable bonds is 6. The molecule has 0 saturated carbocycles. The number of nitrogens with zero attached hydrogens (tertiary/aromatic N) is 3. The summed E-state index contributed by atoms with van der Waals surface area (Å²) >= 11 is 4.87. The van der Waals surface area contributed by atoms with E-state index in [2.05, 4.69) is 20.9 Å². The highest BCUT2D eigenvalue weighted by Crippen LogP contribution is 2.38. The number of carbonyl (C=O) groups is 1. The number of halogens is 1. The molecule has 8 heteroatoms. The van der Waals surface area contributed by atoms with Crippen molar-refractivity contribution in [2.45, 2.75) is 6.54 Å². The van der Waals surface area contributed by atoms with E-state index < -0.39 is 0 Å². The number of aromatic nitrogens is 2. The molecule has 0 saturated heterocycles. The fourth-order valence-corrected chi connectivity index (χ4v) is 4.41. The molecule has 2 aromatic heterocycles. The number of pyridine rings is 1. The maximum absolute atomic E-state index is 13.4. The third-order valence-electron chi connectivity index (χ3n) is 4.49. The summed E-state index contributed by atoms with van der Waals surface area (Å²) in [6, 6.07) is 14.8. The number of fused-ring (bicyclic) bond motifs is 1. The summed E-state index contributed by atoms with van der Waals surface area (Å²) in [7, 11) is 3.18. The second-order valence-electron chi connectivity index (χ2n) is 6.43. The number of thiazole rings is 1. The summed E-state index contributed by atoms with van der Waals surface area (Å²) in [6.07, 6.45) is 3.46. The van der Waals surface area contributed by atoms with Crippen LogP contribution in [0.2, 0.25) is 0 Å². The lowest BCUT2D eigenvalue weighted by Gasteiger charge is -2.20. The number of hydrogen-bond donors (Lipinski definition) is 0. The van der Waals surface area contributed by atoms with Gasteiger partial charge in [0.2, 0.25) is 0 Å². The quantitative estimate of drug-likeness (QED) is 0.371. The first kappa shape index (κ1) is 20.3. The van der Waals surface area contributed by atoms with Gasteiger partial charge in [-0.05, 0) is 29.8 Å². The third kappa shape index (κ3) is 4.15. The predicted octanol–water partition coefficient (Wildman–Crippen LogP) is 5.32. The first-order valence-corrected chi connectivity index (χ1v) is 10.7. The molecule has 0 atom stereocenters. The highest BCUT2D eigenvalue weighted by Gasteiger charge is 2.23. The van der Waals surface area contributed by atoms with Gasteiger partial charge in [-0.2, -0.15) is 0 Å². The molecule has 6 nitrogen and oxygen atoms in total. The van der Waals surface area contributed by atoms with Crippen molar-refractivity contribution >= 4 is 48.5 Å². The van der Waals surface area contributed by atoms with Crippen molar-refractivity contribution < 1.29 is 14.3 Å². The van der Waals surface area contributed by atoms with Crippen LogP contribution in [-0.2, 0) is 6.54 Å². The van der Waals surface area contributed by atoms with Gasteiger partial charge in [-0.15, -0.1) is 0 Å². The topological polar surface area (TPSA) is 64.5 Å². The molecule has 152 valence electrons. The molecule has 0 radical (unpaired) electrons. The van der Waals surface area contributed by atoms with Crippen LogP contribution in [0.1, 0.15) is 15.9 Å². The fourth-order valence-electron chi connectivity index (χ4n) is 3.04. The number of benzene rings is 2. The summed E-state index contributed by atoms with van der Waals surface area (Å²) in [6.45, 7) is 0.354. The third-order valence-corrected chi connectivity index (χ3v) is 6.03. The van der Waals surface area contributed by atoms with Gasteiger partial charge in [0.1, 0.15) is 0 Å². The number of hydrogen-bond acceptors (Lipinski definition) is 6. The van der Waals surface area contributed by atoms with E-state index in [9.17, 15) is 4.79 Å². The second-order valence-corrected chi connectivity index (χ2v) is 8.36. The molecule has 0 aliphatic heterocycles. The number of carbonyl (C=O) groups excluding carboxylic acids is 1. The average Bonchev–Trinajstić information content (AvgIpc) is 3.19. The number of anilines is 1. The highest BCUT2D eigenvalue weighted by molar-refractivity contribution is 9.10. The van der Waals surface area contributed by atoms with Crippen molar-refractivity contribution in [2.75, 3.05) is 19.1 Å². The van der Waals surface area contributed by atoms with Gasteiger partial charge in [-0.1, -0.05) is 39.4 Å². The molecule has 2 aromatic carbocycles. The second kappa shape index (κ2) is 8.81. The van der Waals surface area contributed by atoms with Crippen LogP contribution in [0.3, 0.4) is 0 Å². The van der Waals surface area contributed by atoms with Crippen LogP contribution in [0.4, 0.5) is 5.13 Å². The minimum Gasteiger partial charge on any atom is -0.493 e. The van der Waals surface area contributed by atoms with E-state index in [1.165, 1.54) is 11.3 Å². The predicted molar refractivity (Wildman–Crippen MR) is 122 cm³/mol.